The van der Waals surface area contributed by atoms with E-state index in [-0.39, 0.29) is 0 Å². The monoisotopic (exact) mass is 329 g/mol. The third-order valence-electron chi connectivity index (χ3n) is 4.70. The molecule has 6 heteroatoms. The first-order chi connectivity index (χ1) is 11.8. The molecule has 1 aromatic heterocycles. The van der Waals surface area contributed by atoms with Crippen LogP contribution in [0.1, 0.15) is 29.7 Å². The number of fused-ring (bicyclic) bond motifs is 2. The van der Waals surface area contributed by atoms with Crippen molar-refractivity contribution in [2.45, 2.75) is 32.5 Å². The molecule has 0 fully saturated rings. The maximum absolute atomic E-state index is 5.49. The molecule has 0 spiro atoms. The maximum Gasteiger partial charge on any atom is 0.231 e. The first kappa shape index (κ1) is 15.5. The molecule has 6 nitrogen and oxygen atoms in total. The smallest absolute Gasteiger partial charge is 0.231 e. The van der Waals surface area contributed by atoms with Gasteiger partial charge in [0.1, 0.15) is 0 Å². The van der Waals surface area contributed by atoms with Crippen LogP contribution in [0.4, 0.5) is 0 Å². The Balaban J connectivity index is 1.53. The number of ether oxygens (including phenoxy) is 3. The van der Waals surface area contributed by atoms with E-state index in [0.717, 1.165) is 44.3 Å². The van der Waals surface area contributed by atoms with E-state index >= 15 is 0 Å². The molecular weight excluding hydrogens is 306 g/mol. The summed E-state index contributed by atoms with van der Waals surface area (Å²) >= 11 is 0. The number of nitrogens with zero attached hydrogens (tertiary/aromatic N) is 3. The lowest BCUT2D eigenvalue weighted by molar-refractivity contribution is 0.135. The fraction of sp³-hybridized carbons (Fsp3) is 0.500. The molecule has 4 rings (SSSR count). The maximum atomic E-state index is 5.49. The lowest BCUT2D eigenvalue weighted by Crippen LogP contribution is -2.34. The molecule has 0 aliphatic carbocycles. The first-order valence-electron chi connectivity index (χ1n) is 8.43. The van der Waals surface area contributed by atoms with E-state index in [1.807, 2.05) is 10.7 Å². The van der Waals surface area contributed by atoms with Crippen molar-refractivity contribution in [2.24, 2.45) is 0 Å². The second-order valence-corrected chi connectivity index (χ2v) is 6.40. The molecular formula is C18H23N3O3. The molecule has 0 radical (unpaired) electrons. The van der Waals surface area contributed by atoms with Crippen LogP contribution in [0.2, 0.25) is 0 Å². The molecule has 1 unspecified atom stereocenters. The van der Waals surface area contributed by atoms with Crippen LogP contribution >= 0.6 is 0 Å². The Morgan fingerprint density at radius 3 is 3.00 bits per heavy atom. The second kappa shape index (κ2) is 6.45. The number of hydrogen-bond donors (Lipinski definition) is 0. The number of aromatic nitrogens is 2. The van der Waals surface area contributed by atoms with Gasteiger partial charge in [-0.25, -0.2) is 0 Å². The fourth-order valence-corrected chi connectivity index (χ4v) is 3.55. The number of hydrogen-bond acceptors (Lipinski definition) is 5. The molecule has 2 aliphatic rings. The van der Waals surface area contributed by atoms with Gasteiger partial charge in [-0.3, -0.25) is 9.58 Å². The van der Waals surface area contributed by atoms with Crippen molar-refractivity contribution in [3.05, 3.63) is 41.2 Å². The van der Waals surface area contributed by atoms with E-state index < -0.39 is 0 Å². The summed E-state index contributed by atoms with van der Waals surface area (Å²) in [6, 6.07) is 6.18. The molecule has 1 aromatic carbocycles. The number of rotatable bonds is 5. The normalized spacial score (nSPS) is 19.5. The summed E-state index contributed by atoms with van der Waals surface area (Å²) < 4.78 is 18.3. The Bertz CT molecular complexity index is 728. The zero-order valence-corrected chi connectivity index (χ0v) is 14.2. The minimum atomic E-state index is 0.316. The molecule has 0 saturated carbocycles. The van der Waals surface area contributed by atoms with E-state index in [2.05, 4.69) is 30.2 Å². The first-order valence-corrected chi connectivity index (χ1v) is 8.43. The van der Waals surface area contributed by atoms with Crippen molar-refractivity contribution in [1.29, 1.82) is 0 Å². The highest BCUT2D eigenvalue weighted by Crippen LogP contribution is 2.34. The van der Waals surface area contributed by atoms with Crippen molar-refractivity contribution in [2.75, 3.05) is 27.1 Å². The Morgan fingerprint density at radius 2 is 2.17 bits per heavy atom. The Kier molecular flexibility index (Phi) is 4.16. The summed E-state index contributed by atoms with van der Waals surface area (Å²) in [7, 11) is 1.76. The van der Waals surface area contributed by atoms with Crippen LogP contribution in [0.3, 0.4) is 0 Å². The van der Waals surface area contributed by atoms with Crippen molar-refractivity contribution in [3.8, 4) is 11.5 Å². The van der Waals surface area contributed by atoms with Crippen LogP contribution in [-0.4, -0.2) is 41.7 Å². The van der Waals surface area contributed by atoms with Gasteiger partial charge in [0.05, 0.1) is 12.3 Å². The van der Waals surface area contributed by atoms with Crippen LogP contribution < -0.4 is 9.47 Å². The van der Waals surface area contributed by atoms with Crippen molar-refractivity contribution < 1.29 is 14.2 Å². The van der Waals surface area contributed by atoms with Gasteiger partial charge in [0.2, 0.25) is 6.79 Å². The second-order valence-electron chi connectivity index (χ2n) is 6.40. The van der Waals surface area contributed by atoms with E-state index in [0.29, 0.717) is 12.7 Å². The third kappa shape index (κ3) is 2.87. The molecule has 0 N–H and O–H groups in total. The van der Waals surface area contributed by atoms with E-state index in [4.69, 9.17) is 19.3 Å². The van der Waals surface area contributed by atoms with Crippen LogP contribution in [0.15, 0.2) is 24.4 Å². The van der Waals surface area contributed by atoms with Gasteiger partial charge in [0.15, 0.2) is 11.5 Å². The highest BCUT2D eigenvalue weighted by molar-refractivity contribution is 5.44. The molecule has 2 aliphatic heterocycles. The van der Waals surface area contributed by atoms with Gasteiger partial charge in [-0.15, -0.1) is 0 Å². The molecule has 2 aromatic rings. The number of aryl methyl sites for hydroxylation is 1. The predicted molar refractivity (Wildman–Crippen MR) is 89.2 cm³/mol. The molecule has 0 amide bonds. The average Bonchev–Trinajstić information content (AvgIpc) is 3.20. The molecule has 0 saturated heterocycles. The fourth-order valence-electron chi connectivity index (χ4n) is 3.55. The highest BCUT2D eigenvalue weighted by Gasteiger charge is 2.28. The minimum absolute atomic E-state index is 0.316. The highest BCUT2D eigenvalue weighted by atomic mass is 16.7. The predicted octanol–water partition coefficient (Wildman–Crippen LogP) is 2.38. The zero-order chi connectivity index (χ0) is 16.5. The van der Waals surface area contributed by atoms with E-state index in [1.54, 1.807) is 7.11 Å². The zero-order valence-electron chi connectivity index (χ0n) is 14.2. The van der Waals surface area contributed by atoms with Gasteiger partial charge in [-0.1, -0.05) is 6.07 Å². The van der Waals surface area contributed by atoms with Gasteiger partial charge in [-0.2, -0.15) is 5.10 Å². The quantitative estimate of drug-likeness (QED) is 0.843. The van der Waals surface area contributed by atoms with Gasteiger partial charge in [-0.05, 0) is 24.6 Å². The van der Waals surface area contributed by atoms with Crippen LogP contribution in [0.5, 0.6) is 11.5 Å². The van der Waals surface area contributed by atoms with Gasteiger partial charge in [0, 0.05) is 51.0 Å². The standard InChI is InChI=1S/C18H23N3O3/c1-3-21-9-15-14(11-22-2)8-20(10-16(15)19-21)7-13-4-5-17-18(6-13)24-12-23-17/h4-6,9,14H,3,7-8,10-12H2,1-2H3. The Hall–Kier alpha value is -2.05. The van der Waals surface area contributed by atoms with Gasteiger partial charge < -0.3 is 14.2 Å². The molecule has 0 bridgehead atoms. The summed E-state index contributed by atoms with van der Waals surface area (Å²) in [5.74, 6) is 2.04. The lowest BCUT2D eigenvalue weighted by atomic mass is 9.95. The van der Waals surface area contributed by atoms with Crippen molar-refractivity contribution in [1.82, 2.24) is 14.7 Å². The van der Waals surface area contributed by atoms with Crippen molar-refractivity contribution in [3.63, 3.8) is 0 Å². The lowest BCUT2D eigenvalue weighted by Gasteiger charge is -2.31. The largest absolute Gasteiger partial charge is 0.454 e. The van der Waals surface area contributed by atoms with Gasteiger partial charge >= 0.3 is 0 Å². The average molecular weight is 329 g/mol. The molecule has 1 atom stereocenters. The van der Waals surface area contributed by atoms with E-state index in [9.17, 15) is 0 Å². The summed E-state index contributed by atoms with van der Waals surface area (Å²) in [6.45, 7) is 6.77. The van der Waals surface area contributed by atoms with E-state index in [1.165, 1.54) is 16.8 Å². The summed E-state index contributed by atoms with van der Waals surface area (Å²) in [5.41, 5.74) is 3.74. The summed E-state index contributed by atoms with van der Waals surface area (Å²) in [5, 5.41) is 4.73. The Labute approximate surface area is 141 Å². The third-order valence-corrected chi connectivity index (χ3v) is 4.70. The van der Waals surface area contributed by atoms with Gasteiger partial charge in [0.25, 0.3) is 0 Å². The summed E-state index contributed by atoms with van der Waals surface area (Å²) in [6.07, 6.45) is 2.18. The number of methoxy groups -OCH3 is 1. The number of benzene rings is 1. The van der Waals surface area contributed by atoms with Crippen LogP contribution in [-0.2, 0) is 24.4 Å². The Morgan fingerprint density at radius 1 is 1.29 bits per heavy atom. The molecule has 128 valence electrons. The van der Waals surface area contributed by atoms with Crippen LogP contribution in [0, 0.1) is 0 Å². The van der Waals surface area contributed by atoms with Crippen LogP contribution in [0.25, 0.3) is 0 Å². The van der Waals surface area contributed by atoms with Crippen molar-refractivity contribution >= 4 is 0 Å². The SMILES string of the molecule is CCn1cc2c(n1)CN(Cc1ccc3c(c1)OCO3)CC2COC. The summed E-state index contributed by atoms with van der Waals surface area (Å²) in [4.78, 5) is 2.43. The minimum Gasteiger partial charge on any atom is -0.454 e. The topological polar surface area (TPSA) is 48.8 Å². The molecule has 24 heavy (non-hydrogen) atoms. The molecule has 3 heterocycles.